The Bertz CT molecular complexity index is 2900. The van der Waals surface area contributed by atoms with E-state index in [0.717, 1.165) is 94.5 Å². The third kappa shape index (κ3) is 6.36. The minimum Gasteiger partial charge on any atom is -0.456 e. The van der Waals surface area contributed by atoms with E-state index >= 15 is 0 Å². The van der Waals surface area contributed by atoms with Crippen molar-refractivity contribution >= 4 is 21.9 Å². The lowest BCUT2D eigenvalue weighted by molar-refractivity contribution is 0.669. The summed E-state index contributed by atoms with van der Waals surface area (Å²) in [7, 11) is 0. The summed E-state index contributed by atoms with van der Waals surface area (Å²) in [6.07, 6.45) is 3.72. The zero-order valence-corrected chi connectivity index (χ0v) is 29.8. The second kappa shape index (κ2) is 13.8. The number of benzene rings is 7. The van der Waals surface area contributed by atoms with Gasteiger partial charge in [-0.1, -0.05) is 121 Å². The van der Waals surface area contributed by atoms with Crippen LogP contribution in [0.5, 0.6) is 0 Å². The van der Waals surface area contributed by atoms with Gasteiger partial charge in [0.1, 0.15) is 11.2 Å². The lowest BCUT2D eigenvalue weighted by atomic mass is 9.93. The molecule has 258 valence electrons. The van der Waals surface area contributed by atoms with Gasteiger partial charge in [-0.3, -0.25) is 4.98 Å². The Morgan fingerprint density at radius 1 is 0.309 bits per heavy atom. The van der Waals surface area contributed by atoms with E-state index in [9.17, 15) is 0 Å². The molecule has 0 atom stereocenters. The van der Waals surface area contributed by atoms with Crippen LogP contribution in [0.15, 0.2) is 205 Å². The van der Waals surface area contributed by atoms with Crippen molar-refractivity contribution in [1.82, 2.24) is 15.0 Å². The van der Waals surface area contributed by atoms with Crippen molar-refractivity contribution in [3.8, 4) is 78.4 Å². The second-order valence-corrected chi connectivity index (χ2v) is 13.7. The van der Waals surface area contributed by atoms with Gasteiger partial charge in [-0.05, 0) is 106 Å². The molecule has 4 nitrogen and oxygen atoms in total. The first-order chi connectivity index (χ1) is 27.2. The molecule has 3 aromatic heterocycles. The number of hydrogen-bond acceptors (Lipinski definition) is 4. The van der Waals surface area contributed by atoms with Crippen molar-refractivity contribution in [1.29, 1.82) is 0 Å². The highest BCUT2D eigenvalue weighted by atomic mass is 16.3. The maximum Gasteiger partial charge on any atom is 0.160 e. The van der Waals surface area contributed by atoms with Crippen LogP contribution in [-0.4, -0.2) is 15.0 Å². The van der Waals surface area contributed by atoms with Crippen molar-refractivity contribution in [3.05, 3.63) is 200 Å². The highest BCUT2D eigenvalue weighted by molar-refractivity contribution is 6.06. The topological polar surface area (TPSA) is 51.8 Å². The van der Waals surface area contributed by atoms with Crippen LogP contribution >= 0.6 is 0 Å². The number of pyridine rings is 1. The van der Waals surface area contributed by atoms with Gasteiger partial charge < -0.3 is 4.42 Å². The zero-order chi connectivity index (χ0) is 36.6. The Labute approximate surface area is 319 Å². The SMILES string of the molecule is c1ccc(-c2cc(-c3cccnc3)cc(-c3cc(-c4cc(-c5ccccc5)cc(-c5ccc6oc7ccccc7c6c5)c4)nc(-c4ccccc4)n3)c2)cc1. The minimum absolute atomic E-state index is 0.666. The molecule has 0 saturated carbocycles. The van der Waals surface area contributed by atoms with E-state index < -0.39 is 0 Å². The van der Waals surface area contributed by atoms with E-state index in [1.54, 1.807) is 0 Å². The fourth-order valence-electron chi connectivity index (χ4n) is 7.38. The molecule has 0 amide bonds. The maximum atomic E-state index is 6.19. The van der Waals surface area contributed by atoms with Gasteiger partial charge in [0.2, 0.25) is 0 Å². The third-order valence-electron chi connectivity index (χ3n) is 10.1. The summed E-state index contributed by atoms with van der Waals surface area (Å²) >= 11 is 0. The van der Waals surface area contributed by atoms with E-state index in [1.165, 1.54) is 0 Å². The van der Waals surface area contributed by atoms with Crippen LogP contribution in [0.4, 0.5) is 0 Å². The lowest BCUT2D eigenvalue weighted by Gasteiger charge is -2.15. The third-order valence-corrected chi connectivity index (χ3v) is 10.1. The Kier molecular flexibility index (Phi) is 8.12. The predicted molar refractivity (Wildman–Crippen MR) is 225 cm³/mol. The molecule has 0 aliphatic rings. The molecule has 0 radical (unpaired) electrons. The Hall–Kier alpha value is -7.43. The molecule has 0 aliphatic heterocycles. The molecular formula is C51H33N3O. The quantitative estimate of drug-likeness (QED) is 0.166. The van der Waals surface area contributed by atoms with Crippen molar-refractivity contribution in [2.24, 2.45) is 0 Å². The van der Waals surface area contributed by atoms with E-state index in [1.807, 2.05) is 54.9 Å². The molecule has 0 saturated heterocycles. The first-order valence-corrected chi connectivity index (χ1v) is 18.4. The molecule has 3 heterocycles. The molecule has 10 rings (SSSR count). The summed E-state index contributed by atoms with van der Waals surface area (Å²) in [6, 6.07) is 65.6. The fraction of sp³-hybridized carbons (Fsp3) is 0. The molecule has 0 bridgehead atoms. The molecule has 0 unspecified atom stereocenters. The van der Waals surface area contributed by atoms with Gasteiger partial charge in [0.15, 0.2) is 5.82 Å². The molecule has 0 spiro atoms. The van der Waals surface area contributed by atoms with Crippen LogP contribution in [0.2, 0.25) is 0 Å². The van der Waals surface area contributed by atoms with Crippen LogP contribution < -0.4 is 0 Å². The van der Waals surface area contributed by atoms with Crippen LogP contribution in [0, 0.1) is 0 Å². The van der Waals surface area contributed by atoms with E-state index in [-0.39, 0.29) is 0 Å². The van der Waals surface area contributed by atoms with Crippen LogP contribution in [0.1, 0.15) is 0 Å². The van der Waals surface area contributed by atoms with Gasteiger partial charge in [-0.2, -0.15) is 0 Å². The lowest BCUT2D eigenvalue weighted by Crippen LogP contribution is -1.97. The number of fused-ring (bicyclic) bond motifs is 3. The Balaban J connectivity index is 1.19. The average Bonchev–Trinajstić information content (AvgIpc) is 3.65. The van der Waals surface area contributed by atoms with Crippen molar-refractivity contribution < 1.29 is 4.42 Å². The van der Waals surface area contributed by atoms with Gasteiger partial charge >= 0.3 is 0 Å². The molecular weight excluding hydrogens is 671 g/mol. The molecule has 0 N–H and O–H groups in total. The summed E-state index contributed by atoms with van der Waals surface area (Å²) in [5, 5.41) is 2.20. The molecule has 55 heavy (non-hydrogen) atoms. The normalized spacial score (nSPS) is 11.3. The summed E-state index contributed by atoms with van der Waals surface area (Å²) in [4.78, 5) is 15.0. The summed E-state index contributed by atoms with van der Waals surface area (Å²) in [5.41, 5.74) is 15.2. The largest absolute Gasteiger partial charge is 0.456 e. The first-order valence-electron chi connectivity index (χ1n) is 18.4. The van der Waals surface area contributed by atoms with E-state index in [4.69, 9.17) is 14.4 Å². The summed E-state index contributed by atoms with van der Waals surface area (Å²) in [6.45, 7) is 0. The van der Waals surface area contributed by atoms with Crippen molar-refractivity contribution in [2.75, 3.05) is 0 Å². The van der Waals surface area contributed by atoms with Gasteiger partial charge in [0, 0.05) is 45.4 Å². The molecule has 7 aromatic carbocycles. The van der Waals surface area contributed by atoms with Gasteiger partial charge in [-0.25, -0.2) is 9.97 Å². The van der Waals surface area contributed by atoms with E-state index in [0.29, 0.717) is 5.82 Å². The van der Waals surface area contributed by atoms with Crippen molar-refractivity contribution in [2.45, 2.75) is 0 Å². The highest BCUT2D eigenvalue weighted by Crippen LogP contribution is 2.38. The number of rotatable bonds is 7. The monoisotopic (exact) mass is 703 g/mol. The summed E-state index contributed by atoms with van der Waals surface area (Å²) < 4.78 is 6.19. The first kappa shape index (κ1) is 32.2. The standard InChI is InChI=1S/C51H33N3O/c1-4-13-34(14-5-1)39-25-41(37-22-23-50-46(31-37)45-20-10-11-21-49(45)55-50)29-43(27-39)47-32-48(54-51(53-47)36-17-8-3-9-18-36)44-28-40(35-15-6-2-7-16-35)26-42(30-44)38-19-12-24-52-33-38/h1-33H. The molecule has 10 aromatic rings. The number of nitrogens with zero attached hydrogens (tertiary/aromatic N) is 3. The van der Waals surface area contributed by atoms with Gasteiger partial charge in [0.25, 0.3) is 0 Å². The zero-order valence-electron chi connectivity index (χ0n) is 29.8. The van der Waals surface area contributed by atoms with Crippen LogP contribution in [-0.2, 0) is 0 Å². The van der Waals surface area contributed by atoms with Crippen molar-refractivity contribution in [3.63, 3.8) is 0 Å². The smallest absolute Gasteiger partial charge is 0.160 e. The predicted octanol–water partition coefficient (Wildman–Crippen LogP) is 13.4. The minimum atomic E-state index is 0.666. The number of hydrogen-bond donors (Lipinski definition) is 0. The van der Waals surface area contributed by atoms with Crippen LogP contribution in [0.25, 0.3) is 100 Å². The van der Waals surface area contributed by atoms with Crippen LogP contribution in [0.3, 0.4) is 0 Å². The number of aromatic nitrogens is 3. The molecule has 0 fully saturated rings. The Morgan fingerprint density at radius 2 is 0.800 bits per heavy atom. The number of furan rings is 1. The van der Waals surface area contributed by atoms with Gasteiger partial charge in [-0.15, -0.1) is 0 Å². The number of para-hydroxylation sites is 1. The second-order valence-electron chi connectivity index (χ2n) is 13.7. The fourth-order valence-corrected chi connectivity index (χ4v) is 7.38. The molecule has 4 heteroatoms. The summed E-state index contributed by atoms with van der Waals surface area (Å²) in [5.74, 6) is 0.666. The average molecular weight is 704 g/mol. The highest BCUT2D eigenvalue weighted by Gasteiger charge is 2.16. The maximum absolute atomic E-state index is 6.19. The molecule has 0 aliphatic carbocycles. The Morgan fingerprint density at radius 3 is 1.40 bits per heavy atom. The van der Waals surface area contributed by atoms with E-state index in [2.05, 4.69) is 151 Å². The van der Waals surface area contributed by atoms with Gasteiger partial charge in [0.05, 0.1) is 11.4 Å².